The molecule has 0 spiro atoms. The standard InChI is InChI=1S/C24H32FN3O5S/c1-6-17(2)26-24(30)18(3)27(15-19-7-13-22(33-4)14-8-19)23(29)16-28(34(5,31)32)21-11-9-20(25)10-12-21/h7-14,17-18H,6,15-16H2,1-5H3,(H,26,30)/t17-,18+/m1/s1. The number of carbonyl (C=O) groups is 2. The van der Waals surface area contributed by atoms with E-state index < -0.39 is 34.3 Å². The normalized spacial score (nSPS) is 13.0. The number of rotatable bonds is 11. The molecule has 2 aromatic rings. The minimum Gasteiger partial charge on any atom is -0.497 e. The van der Waals surface area contributed by atoms with Gasteiger partial charge >= 0.3 is 0 Å². The summed E-state index contributed by atoms with van der Waals surface area (Å²) in [4.78, 5) is 27.6. The summed E-state index contributed by atoms with van der Waals surface area (Å²) in [5.41, 5.74) is 0.892. The highest BCUT2D eigenvalue weighted by Crippen LogP contribution is 2.20. The maximum Gasteiger partial charge on any atom is 0.244 e. The molecule has 34 heavy (non-hydrogen) atoms. The van der Waals surface area contributed by atoms with Gasteiger partial charge < -0.3 is 15.0 Å². The van der Waals surface area contributed by atoms with Crippen molar-refractivity contribution in [2.24, 2.45) is 0 Å². The highest BCUT2D eigenvalue weighted by atomic mass is 32.2. The number of benzene rings is 2. The second-order valence-corrected chi connectivity index (χ2v) is 10.0. The molecule has 186 valence electrons. The van der Waals surface area contributed by atoms with Crippen LogP contribution >= 0.6 is 0 Å². The molecule has 0 aliphatic carbocycles. The smallest absolute Gasteiger partial charge is 0.244 e. The summed E-state index contributed by atoms with van der Waals surface area (Å²) in [6, 6.07) is 10.9. The van der Waals surface area contributed by atoms with E-state index in [1.165, 1.54) is 17.0 Å². The van der Waals surface area contributed by atoms with Gasteiger partial charge in [0.2, 0.25) is 21.8 Å². The molecule has 0 saturated carbocycles. The fourth-order valence-corrected chi connectivity index (χ4v) is 4.05. The molecule has 2 rings (SSSR count). The number of halogens is 1. The van der Waals surface area contributed by atoms with Gasteiger partial charge in [-0.2, -0.15) is 0 Å². The zero-order valence-electron chi connectivity index (χ0n) is 20.1. The van der Waals surface area contributed by atoms with Crippen molar-refractivity contribution in [3.8, 4) is 5.75 Å². The molecule has 2 atom stereocenters. The van der Waals surface area contributed by atoms with Gasteiger partial charge in [-0.3, -0.25) is 13.9 Å². The van der Waals surface area contributed by atoms with Crippen LogP contribution in [0.1, 0.15) is 32.8 Å². The van der Waals surface area contributed by atoms with Crippen molar-refractivity contribution in [1.82, 2.24) is 10.2 Å². The van der Waals surface area contributed by atoms with Crippen molar-refractivity contribution in [3.05, 3.63) is 59.9 Å². The first kappa shape index (κ1) is 27.1. The number of anilines is 1. The molecular formula is C24H32FN3O5S. The summed E-state index contributed by atoms with van der Waals surface area (Å²) in [6.07, 6.45) is 1.69. The SMILES string of the molecule is CC[C@@H](C)NC(=O)[C@H](C)N(Cc1ccc(OC)cc1)C(=O)CN(c1ccc(F)cc1)S(C)(=O)=O. The Labute approximate surface area is 200 Å². The molecule has 0 aliphatic heterocycles. The first-order valence-electron chi connectivity index (χ1n) is 10.9. The van der Waals surface area contributed by atoms with Crippen LogP contribution in [-0.2, 0) is 26.2 Å². The molecule has 2 amide bonds. The molecule has 0 bridgehead atoms. The van der Waals surface area contributed by atoms with Gasteiger partial charge in [-0.15, -0.1) is 0 Å². The van der Waals surface area contributed by atoms with Crippen LogP contribution in [-0.4, -0.2) is 57.1 Å². The van der Waals surface area contributed by atoms with Gasteiger partial charge in [0.15, 0.2) is 0 Å². The van der Waals surface area contributed by atoms with Crippen LogP contribution in [0.4, 0.5) is 10.1 Å². The van der Waals surface area contributed by atoms with E-state index in [9.17, 15) is 22.4 Å². The van der Waals surface area contributed by atoms with Crippen molar-refractivity contribution in [2.75, 3.05) is 24.2 Å². The average Bonchev–Trinajstić information content (AvgIpc) is 2.80. The summed E-state index contributed by atoms with van der Waals surface area (Å²) in [6.45, 7) is 4.94. The molecule has 0 aliphatic rings. The van der Waals surface area contributed by atoms with Crippen LogP contribution in [0.5, 0.6) is 5.75 Å². The Hall–Kier alpha value is -3.14. The number of ether oxygens (including phenoxy) is 1. The first-order chi connectivity index (χ1) is 16.0. The van der Waals surface area contributed by atoms with E-state index in [0.29, 0.717) is 5.75 Å². The van der Waals surface area contributed by atoms with Gasteiger partial charge in [-0.05, 0) is 62.2 Å². The fourth-order valence-electron chi connectivity index (χ4n) is 3.20. The van der Waals surface area contributed by atoms with E-state index in [4.69, 9.17) is 4.74 Å². The highest BCUT2D eigenvalue weighted by molar-refractivity contribution is 7.92. The molecule has 0 unspecified atom stereocenters. The van der Waals surface area contributed by atoms with Crippen molar-refractivity contribution >= 4 is 27.5 Å². The Kier molecular flexibility index (Phi) is 9.43. The summed E-state index contributed by atoms with van der Waals surface area (Å²) < 4.78 is 44.3. The first-order valence-corrected chi connectivity index (χ1v) is 12.8. The van der Waals surface area contributed by atoms with Crippen LogP contribution in [0.2, 0.25) is 0 Å². The van der Waals surface area contributed by atoms with Crippen LogP contribution in [0.15, 0.2) is 48.5 Å². The highest BCUT2D eigenvalue weighted by Gasteiger charge is 2.30. The fraction of sp³-hybridized carbons (Fsp3) is 0.417. The van der Waals surface area contributed by atoms with E-state index >= 15 is 0 Å². The maximum atomic E-state index is 13.4. The Morgan fingerprint density at radius 2 is 1.65 bits per heavy atom. The Balaban J connectivity index is 2.36. The number of amides is 2. The van der Waals surface area contributed by atoms with Crippen molar-refractivity contribution < 1.29 is 27.1 Å². The van der Waals surface area contributed by atoms with E-state index in [0.717, 1.165) is 34.7 Å². The van der Waals surface area contributed by atoms with Crippen molar-refractivity contribution in [3.63, 3.8) is 0 Å². The summed E-state index contributed by atoms with van der Waals surface area (Å²) in [7, 11) is -2.32. The average molecular weight is 494 g/mol. The minimum atomic E-state index is -3.86. The number of sulfonamides is 1. The van der Waals surface area contributed by atoms with Gasteiger partial charge in [-0.25, -0.2) is 12.8 Å². The zero-order valence-corrected chi connectivity index (χ0v) is 20.9. The molecule has 0 radical (unpaired) electrons. The Morgan fingerprint density at radius 3 is 2.15 bits per heavy atom. The summed E-state index contributed by atoms with van der Waals surface area (Å²) >= 11 is 0. The third kappa shape index (κ3) is 7.44. The third-order valence-corrected chi connectivity index (χ3v) is 6.61. The van der Waals surface area contributed by atoms with E-state index in [1.807, 2.05) is 13.8 Å². The van der Waals surface area contributed by atoms with Gasteiger partial charge in [0.1, 0.15) is 24.2 Å². The number of nitrogens with zero attached hydrogens (tertiary/aromatic N) is 2. The van der Waals surface area contributed by atoms with Gasteiger partial charge in [-0.1, -0.05) is 19.1 Å². The third-order valence-electron chi connectivity index (χ3n) is 5.47. The predicted octanol–water partition coefficient (Wildman–Crippen LogP) is 2.93. The number of hydrogen-bond acceptors (Lipinski definition) is 5. The topological polar surface area (TPSA) is 96.0 Å². The predicted molar refractivity (Wildman–Crippen MR) is 129 cm³/mol. The van der Waals surface area contributed by atoms with Gasteiger partial charge in [0.25, 0.3) is 0 Å². The Morgan fingerprint density at radius 1 is 1.06 bits per heavy atom. The number of methoxy groups -OCH3 is 1. The molecule has 2 aromatic carbocycles. The van der Waals surface area contributed by atoms with E-state index in [2.05, 4.69) is 5.32 Å². The van der Waals surface area contributed by atoms with Crippen LogP contribution in [0.3, 0.4) is 0 Å². The van der Waals surface area contributed by atoms with Gasteiger partial charge in [0.05, 0.1) is 19.1 Å². The quantitative estimate of drug-likeness (QED) is 0.519. The monoisotopic (exact) mass is 493 g/mol. The lowest BCUT2D eigenvalue weighted by Crippen LogP contribution is -2.52. The van der Waals surface area contributed by atoms with Crippen LogP contribution in [0.25, 0.3) is 0 Å². The second-order valence-electron chi connectivity index (χ2n) is 8.11. The van der Waals surface area contributed by atoms with E-state index in [-0.39, 0.29) is 24.2 Å². The van der Waals surface area contributed by atoms with Crippen LogP contribution < -0.4 is 14.4 Å². The molecule has 10 heteroatoms. The Bertz CT molecular complexity index is 1070. The lowest BCUT2D eigenvalue weighted by atomic mass is 10.1. The lowest BCUT2D eigenvalue weighted by molar-refractivity contribution is -0.139. The molecule has 0 heterocycles. The maximum absolute atomic E-state index is 13.4. The summed E-state index contributed by atoms with van der Waals surface area (Å²) in [5.74, 6) is -0.801. The molecule has 8 nitrogen and oxygen atoms in total. The number of hydrogen-bond donors (Lipinski definition) is 1. The largest absolute Gasteiger partial charge is 0.497 e. The zero-order chi connectivity index (χ0) is 25.5. The number of nitrogens with one attached hydrogen (secondary N) is 1. The minimum absolute atomic E-state index is 0.0823. The molecule has 1 N–H and O–H groups in total. The van der Waals surface area contributed by atoms with Crippen molar-refractivity contribution in [2.45, 2.75) is 45.8 Å². The molecule has 0 saturated heterocycles. The van der Waals surface area contributed by atoms with Crippen molar-refractivity contribution in [1.29, 1.82) is 0 Å². The summed E-state index contributed by atoms with van der Waals surface area (Å²) in [5, 5.41) is 2.86. The molecular weight excluding hydrogens is 461 g/mol. The second kappa shape index (κ2) is 11.8. The van der Waals surface area contributed by atoms with E-state index in [1.54, 1.807) is 38.3 Å². The van der Waals surface area contributed by atoms with Gasteiger partial charge in [0, 0.05) is 12.6 Å². The molecule has 0 aromatic heterocycles. The lowest BCUT2D eigenvalue weighted by Gasteiger charge is -2.32. The van der Waals surface area contributed by atoms with Crippen LogP contribution in [0, 0.1) is 5.82 Å². The number of carbonyl (C=O) groups excluding carboxylic acids is 2. The molecule has 0 fully saturated rings.